The molecule has 38 heavy (non-hydrogen) atoms. The first-order chi connectivity index (χ1) is 18.2. The fourth-order valence-electron chi connectivity index (χ4n) is 4.93. The van der Waals surface area contributed by atoms with E-state index in [1.165, 1.54) is 9.80 Å². The highest BCUT2D eigenvalue weighted by Crippen LogP contribution is 2.41. The Morgan fingerprint density at radius 2 is 1.87 bits per heavy atom. The predicted molar refractivity (Wildman–Crippen MR) is 145 cm³/mol. The molecular formula is C29H34Cl2N2O5. The summed E-state index contributed by atoms with van der Waals surface area (Å²) in [6.45, 7) is 10.9. The van der Waals surface area contributed by atoms with Gasteiger partial charge in [-0.1, -0.05) is 54.9 Å². The van der Waals surface area contributed by atoms with Crippen molar-refractivity contribution in [1.82, 2.24) is 4.90 Å². The summed E-state index contributed by atoms with van der Waals surface area (Å²) in [6, 6.07) is 9.30. The molecule has 2 aliphatic heterocycles. The van der Waals surface area contributed by atoms with Crippen LogP contribution < -0.4 is 14.7 Å². The third kappa shape index (κ3) is 6.34. The number of aryl methyl sites for hydroxylation is 1. The van der Waals surface area contributed by atoms with Crippen LogP contribution in [0.3, 0.4) is 0 Å². The Morgan fingerprint density at radius 3 is 2.53 bits per heavy atom. The van der Waals surface area contributed by atoms with Crippen molar-refractivity contribution in [1.29, 1.82) is 0 Å². The molecule has 1 unspecified atom stereocenters. The molecule has 0 saturated carbocycles. The number of ketones is 1. The molecule has 1 N–H and O–H groups in total. The number of amides is 1. The van der Waals surface area contributed by atoms with Gasteiger partial charge in [-0.05, 0) is 53.8 Å². The lowest BCUT2D eigenvalue weighted by atomic mass is 9.94. The number of quaternary nitrogens is 1. The number of halogens is 2. The van der Waals surface area contributed by atoms with E-state index in [1.54, 1.807) is 43.3 Å². The van der Waals surface area contributed by atoms with Gasteiger partial charge in [0.2, 0.25) is 5.78 Å². The molecule has 2 saturated heterocycles. The van der Waals surface area contributed by atoms with Crippen molar-refractivity contribution in [3.63, 3.8) is 0 Å². The van der Waals surface area contributed by atoms with Crippen LogP contribution in [0.25, 0.3) is 5.76 Å². The van der Waals surface area contributed by atoms with Crippen LogP contribution in [0, 0.1) is 12.8 Å². The smallest absolute Gasteiger partial charge is 0.295 e. The van der Waals surface area contributed by atoms with Gasteiger partial charge in [0.05, 0.1) is 42.5 Å². The largest absolute Gasteiger partial charge is 0.872 e. The molecule has 0 radical (unpaired) electrons. The maximum Gasteiger partial charge on any atom is 0.295 e. The van der Waals surface area contributed by atoms with E-state index in [4.69, 9.17) is 32.7 Å². The maximum absolute atomic E-state index is 13.8. The zero-order valence-electron chi connectivity index (χ0n) is 22.0. The summed E-state index contributed by atoms with van der Waals surface area (Å²) < 4.78 is 11.2. The van der Waals surface area contributed by atoms with Crippen LogP contribution in [0.4, 0.5) is 0 Å². The Balaban J connectivity index is 1.68. The number of carbonyl (C=O) groups is 2. The van der Waals surface area contributed by atoms with Crippen LogP contribution in [-0.2, 0) is 14.3 Å². The van der Waals surface area contributed by atoms with E-state index < -0.39 is 23.5 Å². The van der Waals surface area contributed by atoms with Gasteiger partial charge in [0.15, 0.2) is 0 Å². The molecule has 0 bridgehead atoms. The molecule has 1 atom stereocenters. The number of hydrogen-bond acceptors (Lipinski definition) is 5. The van der Waals surface area contributed by atoms with Crippen LogP contribution in [0.1, 0.15) is 43.0 Å². The highest BCUT2D eigenvalue weighted by atomic mass is 35.5. The lowest BCUT2D eigenvalue weighted by molar-refractivity contribution is -0.908. The van der Waals surface area contributed by atoms with Crippen LogP contribution >= 0.6 is 23.2 Å². The van der Waals surface area contributed by atoms with Gasteiger partial charge >= 0.3 is 0 Å². The number of nitrogens with one attached hydrogen (secondary N) is 1. The average Bonchev–Trinajstić information content (AvgIpc) is 3.14. The van der Waals surface area contributed by atoms with Gasteiger partial charge < -0.3 is 24.4 Å². The predicted octanol–water partition coefficient (Wildman–Crippen LogP) is 2.87. The minimum Gasteiger partial charge on any atom is -0.872 e. The van der Waals surface area contributed by atoms with Crippen LogP contribution in [0.15, 0.2) is 42.0 Å². The van der Waals surface area contributed by atoms with Crippen molar-refractivity contribution in [3.05, 3.63) is 68.7 Å². The number of ether oxygens (including phenoxy) is 2. The molecule has 0 aliphatic carbocycles. The monoisotopic (exact) mass is 560 g/mol. The molecular weight excluding hydrogens is 527 g/mol. The van der Waals surface area contributed by atoms with Gasteiger partial charge in [-0.2, -0.15) is 0 Å². The van der Waals surface area contributed by atoms with Crippen LogP contribution in [-0.4, -0.2) is 62.6 Å². The molecule has 7 nitrogen and oxygen atoms in total. The van der Waals surface area contributed by atoms with Crippen LogP contribution in [0.5, 0.6) is 5.75 Å². The molecule has 0 aromatic heterocycles. The van der Waals surface area contributed by atoms with Crippen molar-refractivity contribution >= 4 is 40.7 Å². The summed E-state index contributed by atoms with van der Waals surface area (Å²) in [4.78, 5) is 29.5. The van der Waals surface area contributed by atoms with Gasteiger partial charge in [0, 0.05) is 18.5 Å². The summed E-state index contributed by atoms with van der Waals surface area (Å²) in [6.07, 6.45) is 0.689. The highest BCUT2D eigenvalue weighted by molar-refractivity contribution is 6.46. The fraction of sp³-hybridized carbons (Fsp3) is 0.448. The van der Waals surface area contributed by atoms with Crippen molar-refractivity contribution in [2.75, 3.05) is 46.0 Å². The summed E-state index contributed by atoms with van der Waals surface area (Å²) in [5.41, 5.74) is 1.55. The molecule has 2 aliphatic rings. The Morgan fingerprint density at radius 1 is 1.13 bits per heavy atom. The fourth-order valence-corrected chi connectivity index (χ4v) is 5.23. The number of benzene rings is 2. The summed E-state index contributed by atoms with van der Waals surface area (Å²) in [7, 11) is 0. The van der Waals surface area contributed by atoms with Crippen molar-refractivity contribution in [2.24, 2.45) is 5.92 Å². The number of carbonyl (C=O) groups excluding carboxylic acids is 2. The van der Waals surface area contributed by atoms with E-state index in [0.717, 1.165) is 32.8 Å². The molecule has 9 heteroatoms. The van der Waals surface area contributed by atoms with Gasteiger partial charge in [-0.15, -0.1) is 0 Å². The number of likely N-dealkylation sites (tertiary alicyclic amines) is 1. The quantitative estimate of drug-likeness (QED) is 0.289. The molecule has 1 amide bonds. The maximum atomic E-state index is 13.8. The average molecular weight is 562 g/mol. The molecule has 4 rings (SSSR count). The summed E-state index contributed by atoms with van der Waals surface area (Å²) >= 11 is 12.5. The second-order valence-corrected chi connectivity index (χ2v) is 11.1. The number of rotatable bonds is 9. The van der Waals surface area contributed by atoms with E-state index in [9.17, 15) is 14.7 Å². The minimum atomic E-state index is -0.840. The van der Waals surface area contributed by atoms with Crippen molar-refractivity contribution in [2.45, 2.75) is 33.2 Å². The van der Waals surface area contributed by atoms with Crippen molar-refractivity contribution in [3.8, 4) is 5.75 Å². The van der Waals surface area contributed by atoms with Gasteiger partial charge in [-0.25, -0.2) is 0 Å². The Hall–Kier alpha value is -2.58. The molecule has 0 spiro atoms. The number of nitrogens with zero attached hydrogens (tertiary/aromatic N) is 1. The first-order valence-corrected chi connectivity index (χ1v) is 13.8. The van der Waals surface area contributed by atoms with Gasteiger partial charge in [-0.3, -0.25) is 9.59 Å². The Bertz CT molecular complexity index is 1220. The SMILES string of the molecule is Cc1cc(OCC(C)C)ccc1/C([O-])=C1\C(=O)C(=O)N(CCC[NH+]2CCOCC2)C1c1ccc(Cl)c(Cl)c1. The van der Waals surface area contributed by atoms with Crippen molar-refractivity contribution < 1.29 is 29.1 Å². The van der Waals surface area contributed by atoms with Gasteiger partial charge in [0.1, 0.15) is 18.8 Å². The lowest BCUT2D eigenvalue weighted by Gasteiger charge is -2.29. The van der Waals surface area contributed by atoms with E-state index in [-0.39, 0.29) is 5.57 Å². The first kappa shape index (κ1) is 28.4. The van der Waals surface area contributed by atoms with E-state index >= 15 is 0 Å². The van der Waals surface area contributed by atoms with E-state index in [2.05, 4.69) is 13.8 Å². The molecule has 2 heterocycles. The van der Waals surface area contributed by atoms with E-state index in [0.29, 0.717) is 58.0 Å². The molecule has 204 valence electrons. The topological polar surface area (TPSA) is 83.3 Å². The highest BCUT2D eigenvalue weighted by Gasteiger charge is 2.44. The summed E-state index contributed by atoms with van der Waals surface area (Å²) in [5.74, 6) is -0.897. The Labute approximate surface area is 233 Å². The molecule has 2 aromatic rings. The number of hydrogen-bond donors (Lipinski definition) is 1. The third-order valence-electron chi connectivity index (χ3n) is 6.94. The van der Waals surface area contributed by atoms with E-state index in [1.807, 2.05) is 0 Å². The second-order valence-electron chi connectivity index (χ2n) is 10.3. The zero-order valence-corrected chi connectivity index (χ0v) is 23.5. The second kappa shape index (κ2) is 12.5. The van der Waals surface area contributed by atoms with Gasteiger partial charge in [0.25, 0.3) is 5.91 Å². The number of morpholine rings is 1. The number of Topliss-reactive ketones (excluding diaryl/α,β-unsaturated/α-hetero) is 1. The third-order valence-corrected chi connectivity index (χ3v) is 7.68. The standard InChI is InChI=1S/C29H34Cl2N2O5/c1-18(2)17-38-21-6-7-22(19(3)15-21)27(34)25-26(20-5-8-23(30)24(31)16-20)33(29(36)28(25)35)10-4-9-32-11-13-37-14-12-32/h5-8,15-16,18,26,34H,4,9-14,17H2,1-3H3/b27-25+. The molecule has 2 fully saturated rings. The van der Waals surface area contributed by atoms with Crippen LogP contribution in [0.2, 0.25) is 10.0 Å². The Kier molecular flexibility index (Phi) is 9.36. The summed E-state index contributed by atoms with van der Waals surface area (Å²) in [5, 5.41) is 14.5. The normalized spacial score (nSPS) is 19.9. The first-order valence-electron chi connectivity index (χ1n) is 13.0. The minimum absolute atomic E-state index is 0.0638. The lowest BCUT2D eigenvalue weighted by Crippen LogP contribution is -3.14. The molecule has 2 aromatic carbocycles. The zero-order chi connectivity index (χ0) is 27.4.